The molecule has 2 heterocycles. The van der Waals surface area contributed by atoms with Crippen molar-refractivity contribution >= 4 is 17.7 Å². The molecular weight excluding hydrogens is 318 g/mol. The lowest BCUT2D eigenvalue weighted by atomic mass is 9.96. The summed E-state index contributed by atoms with van der Waals surface area (Å²) in [5.41, 5.74) is 0.368. The van der Waals surface area contributed by atoms with E-state index in [2.05, 4.69) is 4.90 Å². The fraction of sp³-hybridized carbons (Fsp3) is 0.588. The maximum absolute atomic E-state index is 13.8. The van der Waals surface area contributed by atoms with Crippen molar-refractivity contribution in [2.45, 2.75) is 19.4 Å². The standard InChI is InChI=1S/C17H22F2N2OS/c18-15-3-4-16(19)14(10-15)12-20-5-1-2-13(11-20)17(22)21-6-8-23-9-7-21/h3-4,10,13H,1-2,5-9,11-12H2. The van der Waals surface area contributed by atoms with Crippen molar-refractivity contribution in [2.75, 3.05) is 37.7 Å². The van der Waals surface area contributed by atoms with Crippen molar-refractivity contribution in [2.24, 2.45) is 5.92 Å². The van der Waals surface area contributed by atoms with Crippen LogP contribution in [0.4, 0.5) is 8.78 Å². The summed E-state index contributed by atoms with van der Waals surface area (Å²) in [7, 11) is 0. The number of piperidine rings is 1. The van der Waals surface area contributed by atoms with E-state index in [-0.39, 0.29) is 17.6 Å². The van der Waals surface area contributed by atoms with E-state index < -0.39 is 5.82 Å². The van der Waals surface area contributed by atoms with Crippen LogP contribution in [0.2, 0.25) is 0 Å². The van der Waals surface area contributed by atoms with Gasteiger partial charge in [0, 0.05) is 43.2 Å². The smallest absolute Gasteiger partial charge is 0.227 e. The second-order valence-corrected chi connectivity index (χ2v) is 7.47. The molecule has 126 valence electrons. The average molecular weight is 340 g/mol. The van der Waals surface area contributed by atoms with Gasteiger partial charge >= 0.3 is 0 Å². The number of halogens is 2. The molecule has 3 rings (SSSR count). The van der Waals surface area contributed by atoms with Gasteiger partial charge in [-0.3, -0.25) is 9.69 Å². The fourth-order valence-electron chi connectivity index (χ4n) is 3.35. The highest BCUT2D eigenvalue weighted by Crippen LogP contribution is 2.23. The number of carbonyl (C=O) groups is 1. The van der Waals surface area contributed by atoms with Gasteiger partial charge in [-0.25, -0.2) is 8.78 Å². The summed E-state index contributed by atoms with van der Waals surface area (Å²) in [6.45, 7) is 3.49. The molecule has 2 aliphatic heterocycles. The molecule has 2 aliphatic rings. The van der Waals surface area contributed by atoms with Crippen molar-refractivity contribution in [1.29, 1.82) is 0 Å². The molecule has 1 unspecified atom stereocenters. The molecule has 1 atom stereocenters. The number of rotatable bonds is 3. The molecule has 1 amide bonds. The molecule has 0 aromatic heterocycles. The van der Waals surface area contributed by atoms with Gasteiger partial charge in [0.25, 0.3) is 0 Å². The highest BCUT2D eigenvalue weighted by atomic mass is 32.2. The Hall–Kier alpha value is -1.14. The number of amides is 1. The maximum Gasteiger partial charge on any atom is 0.227 e. The van der Waals surface area contributed by atoms with E-state index >= 15 is 0 Å². The molecule has 0 bridgehead atoms. The molecule has 2 saturated heterocycles. The fourth-order valence-corrected chi connectivity index (χ4v) is 4.25. The first-order chi connectivity index (χ1) is 11.1. The molecule has 0 saturated carbocycles. The minimum absolute atomic E-state index is 0.0107. The molecule has 0 aliphatic carbocycles. The van der Waals surface area contributed by atoms with E-state index in [1.807, 2.05) is 16.7 Å². The second-order valence-electron chi connectivity index (χ2n) is 6.25. The van der Waals surface area contributed by atoms with Crippen LogP contribution < -0.4 is 0 Å². The number of benzene rings is 1. The number of likely N-dealkylation sites (tertiary alicyclic amines) is 1. The summed E-state index contributed by atoms with van der Waals surface area (Å²) in [6, 6.07) is 3.56. The predicted molar refractivity (Wildman–Crippen MR) is 88.3 cm³/mol. The Bertz CT molecular complexity index is 564. The minimum Gasteiger partial charge on any atom is -0.341 e. The molecule has 6 heteroatoms. The van der Waals surface area contributed by atoms with Gasteiger partial charge in [-0.15, -0.1) is 0 Å². The Morgan fingerprint density at radius 1 is 1.22 bits per heavy atom. The Morgan fingerprint density at radius 3 is 2.78 bits per heavy atom. The first kappa shape index (κ1) is 16.7. The van der Waals surface area contributed by atoms with Crippen molar-refractivity contribution in [1.82, 2.24) is 9.80 Å². The quantitative estimate of drug-likeness (QED) is 0.845. The number of hydrogen-bond donors (Lipinski definition) is 0. The van der Waals surface area contributed by atoms with Gasteiger partial charge in [-0.2, -0.15) is 11.8 Å². The van der Waals surface area contributed by atoms with Crippen LogP contribution in [0.5, 0.6) is 0 Å². The van der Waals surface area contributed by atoms with Crippen LogP contribution in [-0.2, 0) is 11.3 Å². The number of thioether (sulfide) groups is 1. The number of nitrogens with zero attached hydrogens (tertiary/aromatic N) is 2. The summed E-state index contributed by atoms with van der Waals surface area (Å²) in [5, 5.41) is 0. The largest absolute Gasteiger partial charge is 0.341 e. The zero-order chi connectivity index (χ0) is 16.2. The molecule has 0 N–H and O–H groups in total. The molecule has 2 fully saturated rings. The van der Waals surface area contributed by atoms with Crippen molar-refractivity contribution < 1.29 is 13.6 Å². The van der Waals surface area contributed by atoms with Gasteiger partial charge < -0.3 is 4.90 Å². The Labute approximate surface area is 140 Å². The van der Waals surface area contributed by atoms with Gasteiger partial charge in [0.15, 0.2) is 0 Å². The lowest BCUT2D eigenvalue weighted by molar-refractivity contribution is -0.137. The first-order valence-electron chi connectivity index (χ1n) is 8.16. The van der Waals surface area contributed by atoms with Crippen LogP contribution in [0.15, 0.2) is 18.2 Å². The third-order valence-corrected chi connectivity index (χ3v) is 5.52. The molecule has 1 aromatic rings. The van der Waals surface area contributed by atoms with E-state index in [0.717, 1.165) is 50.0 Å². The van der Waals surface area contributed by atoms with Crippen LogP contribution in [0.3, 0.4) is 0 Å². The minimum atomic E-state index is -0.420. The van der Waals surface area contributed by atoms with Gasteiger partial charge in [-0.1, -0.05) is 0 Å². The SMILES string of the molecule is O=C(C1CCCN(Cc2cc(F)ccc2F)C1)N1CCSCC1. The molecule has 0 radical (unpaired) electrons. The van der Waals surface area contributed by atoms with E-state index in [1.165, 1.54) is 12.1 Å². The van der Waals surface area contributed by atoms with Gasteiger partial charge in [0.1, 0.15) is 11.6 Å². The predicted octanol–water partition coefficient (Wildman–Crippen LogP) is 2.75. The van der Waals surface area contributed by atoms with Crippen LogP contribution in [0.25, 0.3) is 0 Å². The monoisotopic (exact) mass is 340 g/mol. The van der Waals surface area contributed by atoms with E-state index in [4.69, 9.17) is 0 Å². The van der Waals surface area contributed by atoms with E-state index in [0.29, 0.717) is 18.7 Å². The highest BCUT2D eigenvalue weighted by Gasteiger charge is 2.30. The zero-order valence-electron chi connectivity index (χ0n) is 13.1. The average Bonchev–Trinajstić information content (AvgIpc) is 2.58. The van der Waals surface area contributed by atoms with Gasteiger partial charge in [-0.05, 0) is 37.6 Å². The maximum atomic E-state index is 13.8. The summed E-state index contributed by atoms with van der Waals surface area (Å²) >= 11 is 1.89. The van der Waals surface area contributed by atoms with E-state index in [1.54, 1.807) is 0 Å². The number of carbonyl (C=O) groups excluding carboxylic acids is 1. The normalized spacial score (nSPS) is 23.0. The molecular formula is C17H22F2N2OS. The second kappa shape index (κ2) is 7.62. The van der Waals surface area contributed by atoms with Crippen LogP contribution in [0, 0.1) is 17.6 Å². The van der Waals surface area contributed by atoms with Crippen LogP contribution in [0.1, 0.15) is 18.4 Å². The topological polar surface area (TPSA) is 23.6 Å². The lowest BCUT2D eigenvalue weighted by Gasteiger charge is -2.36. The van der Waals surface area contributed by atoms with Crippen molar-refractivity contribution in [3.05, 3.63) is 35.4 Å². The van der Waals surface area contributed by atoms with Crippen molar-refractivity contribution in [3.63, 3.8) is 0 Å². The van der Waals surface area contributed by atoms with Crippen LogP contribution in [-0.4, -0.2) is 53.4 Å². The molecule has 1 aromatic carbocycles. The Morgan fingerprint density at radius 2 is 2.00 bits per heavy atom. The number of hydrogen-bond acceptors (Lipinski definition) is 3. The Kier molecular flexibility index (Phi) is 5.54. The van der Waals surface area contributed by atoms with Gasteiger partial charge in [0.2, 0.25) is 5.91 Å². The lowest BCUT2D eigenvalue weighted by Crippen LogP contribution is -2.47. The Balaban J connectivity index is 1.61. The first-order valence-corrected chi connectivity index (χ1v) is 9.32. The molecule has 0 spiro atoms. The highest BCUT2D eigenvalue weighted by molar-refractivity contribution is 7.99. The van der Waals surface area contributed by atoms with Crippen LogP contribution >= 0.6 is 11.8 Å². The molecule has 3 nitrogen and oxygen atoms in total. The zero-order valence-corrected chi connectivity index (χ0v) is 14.0. The van der Waals surface area contributed by atoms with Crippen molar-refractivity contribution in [3.8, 4) is 0 Å². The summed E-state index contributed by atoms with van der Waals surface area (Å²) in [5.74, 6) is 1.44. The summed E-state index contributed by atoms with van der Waals surface area (Å²) in [6.07, 6.45) is 1.82. The summed E-state index contributed by atoms with van der Waals surface area (Å²) < 4.78 is 27.1. The van der Waals surface area contributed by atoms with E-state index in [9.17, 15) is 13.6 Å². The molecule has 23 heavy (non-hydrogen) atoms. The third kappa shape index (κ3) is 4.23. The third-order valence-electron chi connectivity index (χ3n) is 4.58. The summed E-state index contributed by atoms with van der Waals surface area (Å²) in [4.78, 5) is 16.7. The van der Waals surface area contributed by atoms with Gasteiger partial charge in [0.05, 0.1) is 5.92 Å².